The maximum Gasteiger partial charge on any atom is 0.275 e. The second kappa shape index (κ2) is 8.19. The molecule has 0 aliphatic heterocycles. The predicted molar refractivity (Wildman–Crippen MR) is 107 cm³/mol. The van der Waals surface area contributed by atoms with Gasteiger partial charge in [0.2, 0.25) is 12.1 Å². The van der Waals surface area contributed by atoms with Crippen LogP contribution in [0.15, 0.2) is 36.7 Å². The van der Waals surface area contributed by atoms with Crippen LogP contribution in [0.2, 0.25) is 0 Å². The monoisotopic (exact) mass is 451 g/mol. The maximum absolute atomic E-state index is 13.6. The quantitative estimate of drug-likeness (QED) is 0.388. The number of thiazole rings is 1. The normalized spacial score (nSPS) is 16.0. The third kappa shape index (κ3) is 4.35. The summed E-state index contributed by atoms with van der Waals surface area (Å²) in [7, 11) is 0. The summed E-state index contributed by atoms with van der Waals surface area (Å²) in [5.74, 6) is -0.180. The fourth-order valence-corrected chi connectivity index (χ4v) is 4.17. The summed E-state index contributed by atoms with van der Waals surface area (Å²) in [6, 6.07) is 5.19. The van der Waals surface area contributed by atoms with E-state index in [-0.39, 0.29) is 17.3 Å². The fourth-order valence-electron chi connectivity index (χ4n) is 3.12. The SMILES string of the molecule is O=[N+]([O-])c1cc(Nc2nccc(C(F)C(F)F)n2)cc(-c2cnc(C3(O)CCC3)s2)c1. The van der Waals surface area contributed by atoms with Crippen LogP contribution in [0.1, 0.15) is 36.1 Å². The molecule has 1 aliphatic carbocycles. The summed E-state index contributed by atoms with van der Waals surface area (Å²) in [5, 5.41) is 25.1. The Balaban J connectivity index is 1.66. The fraction of sp³-hybridized carbons (Fsp3) is 0.316. The topological polar surface area (TPSA) is 114 Å². The zero-order valence-electron chi connectivity index (χ0n) is 15.8. The van der Waals surface area contributed by atoms with Crippen molar-refractivity contribution in [3.05, 3.63) is 57.5 Å². The number of halogens is 3. The highest BCUT2D eigenvalue weighted by Crippen LogP contribution is 2.44. The number of nitrogens with one attached hydrogen (secondary N) is 1. The third-order valence-electron chi connectivity index (χ3n) is 4.93. The Kier molecular flexibility index (Phi) is 5.58. The van der Waals surface area contributed by atoms with Gasteiger partial charge in [0.1, 0.15) is 10.6 Å². The number of nitro groups is 1. The molecule has 0 radical (unpaired) electrons. The van der Waals surface area contributed by atoms with Crippen LogP contribution in [0.25, 0.3) is 10.4 Å². The first-order chi connectivity index (χ1) is 14.7. The second-order valence-corrected chi connectivity index (χ2v) is 8.14. The summed E-state index contributed by atoms with van der Waals surface area (Å²) < 4.78 is 38.8. The van der Waals surface area contributed by atoms with Gasteiger partial charge >= 0.3 is 0 Å². The minimum absolute atomic E-state index is 0.180. The summed E-state index contributed by atoms with van der Waals surface area (Å²) in [6.07, 6.45) is -1.03. The van der Waals surface area contributed by atoms with E-state index < -0.39 is 28.8 Å². The molecule has 2 heterocycles. The minimum Gasteiger partial charge on any atom is -0.383 e. The maximum atomic E-state index is 13.6. The Bertz CT molecular complexity index is 1120. The number of rotatable bonds is 7. The van der Waals surface area contributed by atoms with Crippen molar-refractivity contribution in [3.8, 4) is 10.4 Å². The van der Waals surface area contributed by atoms with Gasteiger partial charge in [-0.3, -0.25) is 10.1 Å². The van der Waals surface area contributed by atoms with Crippen molar-refractivity contribution >= 4 is 28.7 Å². The van der Waals surface area contributed by atoms with Crippen molar-refractivity contribution in [1.82, 2.24) is 15.0 Å². The van der Waals surface area contributed by atoms with E-state index in [9.17, 15) is 28.4 Å². The Morgan fingerprint density at radius 3 is 2.65 bits per heavy atom. The van der Waals surface area contributed by atoms with E-state index in [1.54, 1.807) is 6.07 Å². The lowest BCUT2D eigenvalue weighted by Gasteiger charge is -2.34. The Labute approximate surface area is 178 Å². The van der Waals surface area contributed by atoms with Crippen molar-refractivity contribution < 1.29 is 23.2 Å². The van der Waals surface area contributed by atoms with Gasteiger partial charge in [-0.25, -0.2) is 28.1 Å². The molecule has 1 unspecified atom stereocenters. The number of aromatic nitrogens is 3. The lowest BCUT2D eigenvalue weighted by atomic mass is 9.81. The van der Waals surface area contributed by atoms with Gasteiger partial charge in [0, 0.05) is 35.8 Å². The number of non-ortho nitro benzene ring substituents is 1. The van der Waals surface area contributed by atoms with Crippen molar-refractivity contribution in [2.24, 2.45) is 0 Å². The van der Waals surface area contributed by atoms with Gasteiger partial charge in [-0.1, -0.05) is 0 Å². The highest BCUT2D eigenvalue weighted by atomic mass is 32.1. The third-order valence-corrected chi connectivity index (χ3v) is 6.17. The molecule has 162 valence electrons. The van der Waals surface area contributed by atoms with Gasteiger partial charge in [-0.15, -0.1) is 11.3 Å². The molecule has 1 aliphatic rings. The van der Waals surface area contributed by atoms with E-state index in [0.29, 0.717) is 28.3 Å². The van der Waals surface area contributed by atoms with Crippen LogP contribution in [0, 0.1) is 10.1 Å². The zero-order valence-corrected chi connectivity index (χ0v) is 16.7. The summed E-state index contributed by atoms with van der Waals surface area (Å²) >= 11 is 1.24. The van der Waals surface area contributed by atoms with Crippen molar-refractivity contribution in [1.29, 1.82) is 0 Å². The van der Waals surface area contributed by atoms with Crippen LogP contribution in [0.3, 0.4) is 0 Å². The smallest absolute Gasteiger partial charge is 0.275 e. The number of hydrogen-bond donors (Lipinski definition) is 2. The Hall–Kier alpha value is -3.12. The van der Waals surface area contributed by atoms with Gasteiger partial charge < -0.3 is 10.4 Å². The molecule has 0 saturated heterocycles. The molecule has 2 aromatic heterocycles. The molecule has 0 spiro atoms. The Morgan fingerprint density at radius 1 is 1.23 bits per heavy atom. The first-order valence-corrected chi connectivity index (χ1v) is 10.1. The van der Waals surface area contributed by atoms with Gasteiger partial charge in [-0.2, -0.15) is 0 Å². The molecule has 2 N–H and O–H groups in total. The van der Waals surface area contributed by atoms with E-state index in [4.69, 9.17) is 0 Å². The molecule has 12 heteroatoms. The zero-order chi connectivity index (χ0) is 22.2. The summed E-state index contributed by atoms with van der Waals surface area (Å²) in [6.45, 7) is 0. The van der Waals surface area contributed by atoms with Gasteiger partial charge in [0.15, 0.2) is 0 Å². The van der Waals surface area contributed by atoms with Crippen LogP contribution in [0.4, 0.5) is 30.5 Å². The van der Waals surface area contributed by atoms with Crippen LogP contribution in [0.5, 0.6) is 0 Å². The number of aliphatic hydroxyl groups is 1. The highest BCUT2D eigenvalue weighted by molar-refractivity contribution is 7.15. The molecule has 1 aromatic carbocycles. The van der Waals surface area contributed by atoms with Crippen LogP contribution < -0.4 is 5.32 Å². The van der Waals surface area contributed by atoms with Gasteiger partial charge in [-0.05, 0) is 31.4 Å². The van der Waals surface area contributed by atoms with Gasteiger partial charge in [0.25, 0.3) is 12.1 Å². The summed E-state index contributed by atoms with van der Waals surface area (Å²) in [4.78, 5) is 23.3. The van der Waals surface area contributed by atoms with E-state index in [1.807, 2.05) is 0 Å². The lowest BCUT2D eigenvalue weighted by molar-refractivity contribution is -0.384. The largest absolute Gasteiger partial charge is 0.383 e. The van der Waals surface area contributed by atoms with Crippen molar-refractivity contribution in [2.45, 2.75) is 37.5 Å². The molecule has 4 rings (SSSR count). The van der Waals surface area contributed by atoms with Crippen LogP contribution >= 0.6 is 11.3 Å². The number of hydrogen-bond acceptors (Lipinski definition) is 8. The molecule has 3 aromatic rings. The van der Waals surface area contributed by atoms with E-state index in [0.717, 1.165) is 18.7 Å². The molecule has 1 fully saturated rings. The first kappa shape index (κ1) is 21.1. The highest BCUT2D eigenvalue weighted by Gasteiger charge is 2.39. The molecular formula is C19H16F3N5O3S. The molecule has 0 amide bonds. The van der Waals surface area contributed by atoms with E-state index in [2.05, 4.69) is 20.3 Å². The summed E-state index contributed by atoms with van der Waals surface area (Å²) in [5.41, 5.74) is -1.00. The van der Waals surface area contributed by atoms with Crippen molar-refractivity contribution in [3.63, 3.8) is 0 Å². The average Bonchev–Trinajstić information content (AvgIpc) is 3.22. The number of nitro benzene ring substituents is 1. The minimum atomic E-state index is -3.24. The van der Waals surface area contributed by atoms with Crippen molar-refractivity contribution in [2.75, 3.05) is 5.32 Å². The number of nitrogens with zero attached hydrogens (tertiary/aromatic N) is 4. The molecule has 31 heavy (non-hydrogen) atoms. The molecule has 1 atom stereocenters. The molecule has 1 saturated carbocycles. The first-order valence-electron chi connectivity index (χ1n) is 9.26. The molecule has 0 bridgehead atoms. The number of benzene rings is 1. The predicted octanol–water partition coefficient (Wildman–Crippen LogP) is 4.90. The average molecular weight is 451 g/mol. The molecular weight excluding hydrogens is 435 g/mol. The second-order valence-electron chi connectivity index (χ2n) is 7.11. The standard InChI is InChI=1S/C19H16F3N5O3S/c20-15(16(21)22)13-2-5-23-18(26-13)25-11-6-10(7-12(8-11)27(29)30)14-9-24-17(31-14)19(28)3-1-4-19/h2,5-9,15-16,28H,1,3-4H2,(H,23,25,26). The number of alkyl halides is 3. The van der Waals surface area contributed by atoms with E-state index in [1.165, 1.54) is 29.7 Å². The Morgan fingerprint density at radius 2 is 2.00 bits per heavy atom. The van der Waals surface area contributed by atoms with E-state index >= 15 is 0 Å². The van der Waals surface area contributed by atoms with Gasteiger partial charge in [0.05, 0.1) is 15.5 Å². The van der Waals surface area contributed by atoms with Crippen LogP contribution in [-0.4, -0.2) is 31.4 Å². The number of anilines is 2. The molecule has 8 nitrogen and oxygen atoms in total. The van der Waals surface area contributed by atoms with Crippen LogP contribution in [-0.2, 0) is 5.60 Å². The lowest BCUT2D eigenvalue weighted by Crippen LogP contribution is -2.33.